The molecule has 0 unspecified atom stereocenters. The maximum Gasteiger partial charge on any atom is 0.254 e. The summed E-state index contributed by atoms with van der Waals surface area (Å²) in [6.07, 6.45) is 2.47. The van der Waals surface area contributed by atoms with Crippen LogP contribution in [0.1, 0.15) is 42.0 Å². The van der Waals surface area contributed by atoms with E-state index in [9.17, 15) is 4.79 Å². The summed E-state index contributed by atoms with van der Waals surface area (Å²) in [5, 5.41) is 2.89. The Morgan fingerprint density at radius 3 is 2.38 bits per heavy atom. The second-order valence-electron chi connectivity index (χ2n) is 4.36. The minimum Gasteiger partial charge on any atom is -0.352 e. The van der Waals surface area contributed by atoms with E-state index in [1.54, 1.807) is 0 Å². The lowest BCUT2D eigenvalue weighted by Gasteiger charge is -2.09. The van der Waals surface area contributed by atoms with Gasteiger partial charge in [-0.1, -0.05) is 13.8 Å². The average molecular weight is 221 g/mol. The number of carbonyl (C=O) groups is 1. The highest BCUT2D eigenvalue weighted by atomic mass is 16.1. The molecule has 0 aliphatic heterocycles. The van der Waals surface area contributed by atoms with Crippen molar-refractivity contribution in [2.45, 2.75) is 34.1 Å². The molecule has 0 bridgehead atoms. The van der Waals surface area contributed by atoms with Crippen LogP contribution in [0.4, 0.5) is 0 Å². The largest absolute Gasteiger partial charge is 0.352 e. The zero-order valence-corrected chi connectivity index (χ0v) is 10.4. The van der Waals surface area contributed by atoms with Gasteiger partial charge >= 0.3 is 0 Å². The zero-order chi connectivity index (χ0) is 12.1. The Balaban J connectivity index is 2.66. The van der Waals surface area contributed by atoms with Gasteiger partial charge in [0.2, 0.25) is 0 Å². The van der Waals surface area contributed by atoms with Crippen molar-refractivity contribution in [2.75, 3.05) is 6.54 Å². The molecule has 0 aliphatic rings. The predicted molar refractivity (Wildman–Crippen MR) is 63.3 cm³/mol. The first-order chi connectivity index (χ1) is 7.52. The van der Waals surface area contributed by atoms with Gasteiger partial charge < -0.3 is 5.32 Å². The Kier molecular flexibility index (Phi) is 4.40. The van der Waals surface area contributed by atoms with Gasteiger partial charge in [0.25, 0.3) is 5.91 Å². The SMILES string of the molecule is Cc1ncnc(C)c1C(=O)NCCC(C)C. The molecule has 0 saturated carbocycles. The number of hydrogen-bond acceptors (Lipinski definition) is 3. The van der Waals surface area contributed by atoms with Crippen molar-refractivity contribution in [1.82, 2.24) is 15.3 Å². The molecule has 0 spiro atoms. The van der Waals surface area contributed by atoms with Gasteiger partial charge in [-0.15, -0.1) is 0 Å². The minimum absolute atomic E-state index is 0.0729. The molecular weight excluding hydrogens is 202 g/mol. The molecule has 1 N–H and O–H groups in total. The number of carbonyl (C=O) groups excluding carboxylic acids is 1. The third-order valence-corrected chi connectivity index (χ3v) is 2.46. The van der Waals surface area contributed by atoms with Gasteiger partial charge in [0.15, 0.2) is 0 Å². The van der Waals surface area contributed by atoms with E-state index in [2.05, 4.69) is 29.1 Å². The van der Waals surface area contributed by atoms with Crippen molar-refractivity contribution in [2.24, 2.45) is 5.92 Å². The highest BCUT2D eigenvalue weighted by Gasteiger charge is 2.13. The molecule has 0 aromatic carbocycles. The summed E-state index contributed by atoms with van der Waals surface area (Å²) >= 11 is 0. The van der Waals surface area contributed by atoms with E-state index in [1.165, 1.54) is 6.33 Å². The minimum atomic E-state index is -0.0729. The van der Waals surface area contributed by atoms with Gasteiger partial charge in [-0.05, 0) is 26.2 Å². The fraction of sp³-hybridized carbons (Fsp3) is 0.583. The standard InChI is InChI=1S/C12H19N3O/c1-8(2)5-6-13-12(16)11-9(3)14-7-15-10(11)4/h7-8H,5-6H2,1-4H3,(H,13,16). The van der Waals surface area contributed by atoms with E-state index in [0.29, 0.717) is 18.0 Å². The fourth-order valence-electron chi connectivity index (χ4n) is 1.48. The van der Waals surface area contributed by atoms with Gasteiger partial charge in [0.05, 0.1) is 17.0 Å². The number of nitrogens with one attached hydrogen (secondary N) is 1. The number of aromatic nitrogens is 2. The second kappa shape index (κ2) is 5.58. The van der Waals surface area contributed by atoms with Crippen LogP contribution in [-0.4, -0.2) is 22.4 Å². The molecule has 4 heteroatoms. The molecule has 16 heavy (non-hydrogen) atoms. The van der Waals surface area contributed by atoms with Crippen molar-refractivity contribution in [1.29, 1.82) is 0 Å². The van der Waals surface area contributed by atoms with Crippen molar-refractivity contribution in [3.8, 4) is 0 Å². The molecule has 88 valence electrons. The van der Waals surface area contributed by atoms with E-state index in [-0.39, 0.29) is 5.91 Å². The molecule has 0 aliphatic carbocycles. The molecule has 1 aromatic rings. The first-order valence-corrected chi connectivity index (χ1v) is 5.58. The third kappa shape index (κ3) is 3.29. The van der Waals surface area contributed by atoms with Gasteiger partial charge in [0, 0.05) is 6.54 Å². The number of aryl methyl sites for hydroxylation is 2. The maximum atomic E-state index is 11.9. The Labute approximate surface area is 96.5 Å². The van der Waals surface area contributed by atoms with Crippen LogP contribution in [0.3, 0.4) is 0 Å². The van der Waals surface area contributed by atoms with E-state index in [4.69, 9.17) is 0 Å². The van der Waals surface area contributed by atoms with Crippen LogP contribution in [-0.2, 0) is 0 Å². The first-order valence-electron chi connectivity index (χ1n) is 5.58. The Bertz CT molecular complexity index is 354. The normalized spacial score (nSPS) is 10.6. The second-order valence-corrected chi connectivity index (χ2v) is 4.36. The van der Waals surface area contributed by atoms with E-state index in [1.807, 2.05) is 13.8 Å². The monoisotopic (exact) mass is 221 g/mol. The number of hydrogen-bond donors (Lipinski definition) is 1. The molecule has 1 rings (SSSR count). The highest BCUT2D eigenvalue weighted by Crippen LogP contribution is 2.07. The van der Waals surface area contributed by atoms with Crippen molar-refractivity contribution in [3.63, 3.8) is 0 Å². The van der Waals surface area contributed by atoms with Gasteiger partial charge in [-0.2, -0.15) is 0 Å². The summed E-state index contributed by atoms with van der Waals surface area (Å²) in [4.78, 5) is 19.9. The predicted octanol–water partition coefficient (Wildman–Crippen LogP) is 1.87. The van der Waals surface area contributed by atoms with Crippen LogP contribution in [0, 0.1) is 19.8 Å². The third-order valence-electron chi connectivity index (χ3n) is 2.46. The van der Waals surface area contributed by atoms with Crippen LogP contribution >= 0.6 is 0 Å². The van der Waals surface area contributed by atoms with Crippen LogP contribution in [0.25, 0.3) is 0 Å². The molecule has 1 amide bonds. The fourth-order valence-corrected chi connectivity index (χ4v) is 1.48. The summed E-state index contributed by atoms with van der Waals surface area (Å²) < 4.78 is 0. The lowest BCUT2D eigenvalue weighted by Crippen LogP contribution is -2.27. The molecule has 0 atom stereocenters. The highest BCUT2D eigenvalue weighted by molar-refractivity contribution is 5.96. The smallest absolute Gasteiger partial charge is 0.254 e. The molecule has 0 radical (unpaired) electrons. The zero-order valence-electron chi connectivity index (χ0n) is 10.4. The lowest BCUT2D eigenvalue weighted by atomic mass is 10.1. The summed E-state index contributed by atoms with van der Waals surface area (Å²) in [6, 6.07) is 0. The van der Waals surface area contributed by atoms with Gasteiger partial charge in [0.1, 0.15) is 6.33 Å². The number of rotatable bonds is 4. The maximum absolute atomic E-state index is 11.9. The summed E-state index contributed by atoms with van der Waals surface area (Å²) in [6.45, 7) is 8.62. The Hall–Kier alpha value is -1.45. The van der Waals surface area contributed by atoms with Crippen LogP contribution in [0.2, 0.25) is 0 Å². The van der Waals surface area contributed by atoms with Crippen LogP contribution < -0.4 is 5.32 Å². The number of nitrogens with zero attached hydrogens (tertiary/aromatic N) is 2. The van der Waals surface area contributed by atoms with E-state index >= 15 is 0 Å². The number of amides is 1. The Morgan fingerprint density at radius 1 is 1.31 bits per heavy atom. The van der Waals surface area contributed by atoms with Crippen molar-refractivity contribution in [3.05, 3.63) is 23.3 Å². The molecule has 1 aromatic heterocycles. The van der Waals surface area contributed by atoms with Crippen molar-refractivity contribution >= 4 is 5.91 Å². The average Bonchev–Trinajstić information content (AvgIpc) is 2.16. The Morgan fingerprint density at radius 2 is 1.88 bits per heavy atom. The van der Waals surface area contributed by atoms with Crippen LogP contribution in [0.5, 0.6) is 0 Å². The molecule has 0 fully saturated rings. The molecular formula is C12H19N3O. The van der Waals surface area contributed by atoms with Crippen LogP contribution in [0.15, 0.2) is 6.33 Å². The lowest BCUT2D eigenvalue weighted by molar-refractivity contribution is 0.0950. The van der Waals surface area contributed by atoms with Gasteiger partial charge in [-0.3, -0.25) is 4.79 Å². The topological polar surface area (TPSA) is 54.9 Å². The summed E-state index contributed by atoms with van der Waals surface area (Å²) in [5.41, 5.74) is 2.07. The van der Waals surface area contributed by atoms with E-state index < -0.39 is 0 Å². The summed E-state index contributed by atoms with van der Waals surface area (Å²) in [5.74, 6) is 0.519. The quantitative estimate of drug-likeness (QED) is 0.844. The van der Waals surface area contributed by atoms with Gasteiger partial charge in [-0.25, -0.2) is 9.97 Å². The van der Waals surface area contributed by atoms with E-state index in [0.717, 1.165) is 17.8 Å². The molecule has 4 nitrogen and oxygen atoms in total. The molecule has 0 saturated heterocycles. The first kappa shape index (κ1) is 12.6. The molecule has 1 heterocycles. The summed E-state index contributed by atoms with van der Waals surface area (Å²) in [7, 11) is 0. The van der Waals surface area contributed by atoms with Crippen molar-refractivity contribution < 1.29 is 4.79 Å².